The molecule has 2 aromatic carbocycles. The van der Waals surface area contributed by atoms with Gasteiger partial charge in [-0.2, -0.15) is 0 Å². The zero-order valence-electron chi connectivity index (χ0n) is 18.6. The molecule has 4 rings (SSSR count). The maximum atomic E-state index is 8.23. The first-order valence-electron chi connectivity index (χ1n) is 10.5. The number of rotatable bonds is 4. The molecule has 0 fully saturated rings. The van der Waals surface area contributed by atoms with Crippen LogP contribution in [0.5, 0.6) is 0 Å². The molecule has 30 heavy (non-hydrogen) atoms. The molecule has 162 valence electrons. The summed E-state index contributed by atoms with van der Waals surface area (Å²) < 4.78 is 3.23. The van der Waals surface area contributed by atoms with E-state index in [1.807, 2.05) is 0 Å². The van der Waals surface area contributed by atoms with Crippen molar-refractivity contribution >= 4 is 40.3 Å². The van der Waals surface area contributed by atoms with Crippen molar-refractivity contribution in [1.82, 2.24) is 0 Å². The Morgan fingerprint density at radius 1 is 0.867 bits per heavy atom. The molecule has 1 atom stereocenters. The van der Waals surface area contributed by atoms with Gasteiger partial charge in [-0.25, -0.2) is 0 Å². The van der Waals surface area contributed by atoms with Gasteiger partial charge in [0.25, 0.3) is 0 Å². The van der Waals surface area contributed by atoms with Gasteiger partial charge in [-0.1, -0.05) is 0 Å². The third-order valence-corrected chi connectivity index (χ3v) is 42.1. The second kappa shape index (κ2) is 9.02. The second-order valence-corrected chi connectivity index (χ2v) is 51.1. The van der Waals surface area contributed by atoms with E-state index in [9.17, 15) is 0 Å². The molecule has 0 bridgehead atoms. The molecule has 0 aliphatic heterocycles. The molecule has 0 radical (unpaired) electrons. The molecule has 2 aliphatic rings. The van der Waals surface area contributed by atoms with Crippen molar-refractivity contribution in [3.8, 4) is 11.1 Å². The SMILES string of the molecule is CC[CH2][Hf](=[SiH2])([Cl])([C]1=C(C)C(C)=C(C)C1C)[CH]1c2ccccc2-c2ccccc21.Cl.Cl. The van der Waals surface area contributed by atoms with Gasteiger partial charge in [0.15, 0.2) is 0 Å². The summed E-state index contributed by atoms with van der Waals surface area (Å²) in [5.74, 6) is 0.483. The summed E-state index contributed by atoms with van der Waals surface area (Å²) in [6.45, 7) is 13.9. The van der Waals surface area contributed by atoms with E-state index in [1.165, 1.54) is 43.2 Å². The van der Waals surface area contributed by atoms with Crippen LogP contribution in [0.1, 0.15) is 55.8 Å². The standard InChI is InChI=1S/C13H9.C9H13.C3H7.3ClH.Hf.H2Si/c1-3-7-12-10(5-1)9-11-6-2-4-8-13(11)12;1-6-5-7(2)9(4)8(6)3;1-3-2;;;;;/h1-9H;6H,1-4H3;1,3H2,2H3;3*1H;;1H2/q;;;;;;+1;/p-1. The van der Waals surface area contributed by atoms with Gasteiger partial charge in [-0.15, -0.1) is 24.8 Å². The molecule has 0 saturated heterocycles. The summed E-state index contributed by atoms with van der Waals surface area (Å²) in [4.78, 5) is 0. The van der Waals surface area contributed by atoms with Gasteiger partial charge in [-0.05, 0) is 0 Å². The zero-order valence-corrected chi connectivity index (χ0v) is 26.0. The average Bonchev–Trinajstić information content (AvgIpc) is 3.11. The van der Waals surface area contributed by atoms with E-state index < -0.39 is 15.9 Å². The van der Waals surface area contributed by atoms with E-state index in [1.54, 1.807) is 3.33 Å². The Kier molecular flexibility index (Phi) is 7.86. The topological polar surface area (TPSA) is 0 Å². The summed E-state index contributed by atoms with van der Waals surface area (Å²) in [5.41, 5.74) is 10.3. The van der Waals surface area contributed by atoms with Crippen molar-refractivity contribution in [2.24, 2.45) is 5.92 Å². The number of halogens is 3. The maximum Gasteiger partial charge on any atom is -0.147 e. The van der Waals surface area contributed by atoms with Crippen molar-refractivity contribution in [3.05, 3.63) is 79.7 Å². The molecular weight excluding hydrogens is 613 g/mol. The monoisotopic (exact) mass is 646 g/mol. The second-order valence-electron chi connectivity index (χ2n) is 9.05. The molecule has 0 heterocycles. The number of fused-ring (bicyclic) bond motifs is 3. The Balaban J connectivity index is 0.00000160. The van der Waals surface area contributed by atoms with E-state index in [-0.39, 0.29) is 24.8 Å². The Bertz CT molecular complexity index is 1070. The Morgan fingerprint density at radius 2 is 1.33 bits per heavy atom. The number of benzene rings is 2. The largest absolute Gasteiger partial charge is 0.147 e. The molecule has 5 heteroatoms. The molecule has 0 amide bonds. The Labute approximate surface area is 200 Å². The molecule has 2 aliphatic carbocycles. The van der Waals surface area contributed by atoms with Gasteiger partial charge in [0.05, 0.1) is 0 Å². The van der Waals surface area contributed by atoms with Crippen LogP contribution in [0.4, 0.5) is 0 Å². The summed E-state index contributed by atoms with van der Waals surface area (Å²) >= 11 is -4.07. The minimum atomic E-state index is -4.07. The van der Waals surface area contributed by atoms with Crippen molar-refractivity contribution in [3.63, 3.8) is 0 Å². The summed E-state index contributed by atoms with van der Waals surface area (Å²) in [6.07, 6.45) is 1.16. The van der Waals surface area contributed by atoms with Gasteiger partial charge in [0.2, 0.25) is 0 Å². The summed E-state index contributed by atoms with van der Waals surface area (Å²) in [5, 5.41) is 0. The number of hydrogen-bond donors (Lipinski definition) is 0. The fraction of sp³-hybridized carbons (Fsp3) is 0.360. The first kappa shape index (κ1) is 26.1. The van der Waals surface area contributed by atoms with E-state index in [0.29, 0.717) is 9.59 Å². The summed E-state index contributed by atoms with van der Waals surface area (Å²) in [6, 6.07) is 18.1. The van der Waals surface area contributed by atoms with Crippen molar-refractivity contribution in [2.45, 2.75) is 48.9 Å². The van der Waals surface area contributed by atoms with Crippen LogP contribution in [0.15, 0.2) is 68.6 Å². The summed E-state index contributed by atoms with van der Waals surface area (Å²) in [7, 11) is 8.23. The smallest absolute Gasteiger partial charge is 0.147 e. The van der Waals surface area contributed by atoms with Crippen LogP contribution < -0.4 is 0 Å². The van der Waals surface area contributed by atoms with E-state index in [2.05, 4.69) is 90.1 Å². The third-order valence-electron chi connectivity index (χ3n) is 7.56. The van der Waals surface area contributed by atoms with Crippen LogP contribution >= 0.6 is 33.4 Å². The quantitative estimate of drug-likeness (QED) is 0.295. The Hall–Kier alpha value is -0.123. The number of hydrogen-bond acceptors (Lipinski definition) is 0. The van der Waals surface area contributed by atoms with Crippen LogP contribution in [0.3, 0.4) is 0 Å². The average molecular weight is 646 g/mol. The maximum absolute atomic E-state index is 8.23. The van der Waals surface area contributed by atoms with Crippen LogP contribution in [0, 0.1) is 5.92 Å². The predicted octanol–water partition coefficient (Wildman–Crippen LogP) is 8.08. The first-order chi connectivity index (χ1) is 13.2. The van der Waals surface area contributed by atoms with Gasteiger partial charge in [0.1, 0.15) is 0 Å². The molecule has 0 spiro atoms. The minimum absolute atomic E-state index is 0. The predicted molar refractivity (Wildman–Crippen MR) is 138 cm³/mol. The molecule has 2 aromatic rings. The van der Waals surface area contributed by atoms with Crippen molar-refractivity contribution < 1.29 is 15.9 Å². The molecule has 1 unspecified atom stereocenters. The Morgan fingerprint density at radius 3 is 1.73 bits per heavy atom. The van der Waals surface area contributed by atoms with E-state index in [4.69, 9.17) is 8.58 Å². The van der Waals surface area contributed by atoms with Gasteiger partial charge in [-0.3, -0.25) is 0 Å². The minimum Gasteiger partial charge on any atom is -0.147 e. The molecule has 0 nitrogen and oxygen atoms in total. The van der Waals surface area contributed by atoms with Crippen LogP contribution in [-0.2, 0) is 15.9 Å². The molecule has 0 saturated carbocycles. The van der Waals surface area contributed by atoms with Crippen LogP contribution in [0.25, 0.3) is 11.1 Å². The fourth-order valence-electron chi connectivity index (χ4n) is 6.16. The van der Waals surface area contributed by atoms with Gasteiger partial charge >= 0.3 is 177 Å². The molecule has 0 aromatic heterocycles. The van der Waals surface area contributed by atoms with Gasteiger partial charge < -0.3 is 0 Å². The third kappa shape index (κ3) is 3.59. The normalized spacial score (nSPS) is 18.7. The molecular formula is C25H33Cl3HfSi. The van der Waals surface area contributed by atoms with Gasteiger partial charge in [0, 0.05) is 0 Å². The van der Waals surface area contributed by atoms with Crippen LogP contribution in [0.2, 0.25) is 4.18 Å². The van der Waals surface area contributed by atoms with Crippen LogP contribution in [-0.4, -0.2) is 6.94 Å². The zero-order chi connectivity index (χ0) is 20.3. The van der Waals surface area contributed by atoms with E-state index in [0.717, 1.165) is 6.42 Å². The van der Waals surface area contributed by atoms with Crippen molar-refractivity contribution in [2.75, 3.05) is 0 Å². The van der Waals surface area contributed by atoms with E-state index >= 15 is 0 Å². The fourth-order valence-corrected chi connectivity index (χ4v) is 45.6. The number of allylic oxidation sites excluding steroid dienone is 4. The first-order valence-corrected chi connectivity index (χ1v) is 29.7. The van der Waals surface area contributed by atoms with Crippen molar-refractivity contribution in [1.29, 1.82) is 0 Å². The molecule has 0 N–H and O–H groups in total.